The number of carbonyl (C=O) groups is 1. The number of amides is 1. The van der Waals surface area contributed by atoms with E-state index in [2.05, 4.69) is 5.32 Å². The molecule has 2 heterocycles. The monoisotopic (exact) mass is 477 g/mol. The highest BCUT2D eigenvalue weighted by molar-refractivity contribution is 6.06. The van der Waals surface area contributed by atoms with Gasteiger partial charge in [0.05, 0.1) is 13.0 Å². The Balaban J connectivity index is 1.49. The van der Waals surface area contributed by atoms with Crippen LogP contribution in [-0.4, -0.2) is 42.5 Å². The second-order valence-electron chi connectivity index (χ2n) is 8.81. The van der Waals surface area contributed by atoms with Crippen molar-refractivity contribution in [2.75, 3.05) is 26.0 Å². The smallest absolute Gasteiger partial charge is 0.256 e. The fraction of sp³-hybridized carbons (Fsp3) is 0.269. The molecule has 3 aromatic carbocycles. The van der Waals surface area contributed by atoms with Crippen LogP contribution in [0.2, 0.25) is 0 Å². The number of ether oxygens (including phenoxy) is 2. The summed E-state index contributed by atoms with van der Waals surface area (Å²) in [6, 6.07) is 17.2. The number of halogens is 1. The molecule has 5 rings (SSSR count). The van der Waals surface area contributed by atoms with Crippen molar-refractivity contribution in [3.8, 4) is 11.5 Å². The van der Waals surface area contributed by atoms with Crippen LogP contribution in [0.25, 0.3) is 0 Å². The zero-order valence-corrected chi connectivity index (χ0v) is 19.2. The lowest BCUT2D eigenvalue weighted by atomic mass is 9.79. The fourth-order valence-corrected chi connectivity index (χ4v) is 5.40. The van der Waals surface area contributed by atoms with Crippen LogP contribution in [0.5, 0.6) is 11.5 Å². The predicted octanol–water partition coefficient (Wildman–Crippen LogP) is 3.94. The van der Waals surface area contributed by atoms with Crippen molar-refractivity contribution in [3.63, 3.8) is 0 Å². The van der Waals surface area contributed by atoms with E-state index in [1.54, 1.807) is 66.5 Å². The average molecular weight is 477 g/mol. The first-order chi connectivity index (χ1) is 16.9. The van der Waals surface area contributed by atoms with E-state index in [-0.39, 0.29) is 17.3 Å². The normalized spacial score (nSPS) is 23.2. The lowest BCUT2D eigenvalue weighted by Gasteiger charge is -2.30. The molecule has 0 radical (unpaired) electrons. The Labute approximate surface area is 201 Å². The van der Waals surface area contributed by atoms with E-state index in [4.69, 9.17) is 9.47 Å². The van der Waals surface area contributed by atoms with E-state index in [1.165, 1.54) is 19.2 Å². The minimum atomic E-state index is -1.41. The number of fused-ring (bicyclic) bond motifs is 2. The van der Waals surface area contributed by atoms with Crippen LogP contribution < -0.4 is 14.8 Å². The van der Waals surface area contributed by atoms with Crippen LogP contribution in [0.15, 0.2) is 66.7 Å². The number of benzene rings is 3. The number of carbonyl (C=O) groups excluding carboxylic acids is 1. The molecule has 2 aliphatic heterocycles. The van der Waals surface area contributed by atoms with E-state index >= 15 is 0 Å². The number of hydrogen-bond donors (Lipinski definition) is 1. The van der Waals surface area contributed by atoms with Gasteiger partial charge in [0, 0.05) is 22.7 Å². The molecule has 8 nitrogen and oxygen atoms in total. The summed E-state index contributed by atoms with van der Waals surface area (Å²) in [7, 11) is 3.23. The standard InChI is InChI=1S/C26H24FN3O5/c1-29-14-19(24(30(32)33)26(29)20-8-3-4-9-21(20)28-25(26)31)17-10-11-22(23(13-17)34-2)35-15-16-6-5-7-18(27)12-16/h3-13,19,24H,14-15H2,1-2H3,(H,28,31)/t19-,24-,26+/m0/s1. The van der Waals surface area contributed by atoms with Crippen LogP contribution in [0, 0.1) is 15.9 Å². The zero-order valence-electron chi connectivity index (χ0n) is 19.2. The van der Waals surface area contributed by atoms with Crippen LogP contribution in [0.4, 0.5) is 10.1 Å². The first-order valence-electron chi connectivity index (χ1n) is 11.2. The Kier molecular flexibility index (Phi) is 5.64. The molecule has 1 spiro atoms. The van der Waals surface area contributed by atoms with Crippen molar-refractivity contribution in [2.24, 2.45) is 0 Å². The molecule has 1 N–H and O–H groups in total. The molecule has 180 valence electrons. The van der Waals surface area contributed by atoms with Gasteiger partial charge in [-0.15, -0.1) is 0 Å². The van der Waals surface area contributed by atoms with E-state index in [9.17, 15) is 19.3 Å². The summed E-state index contributed by atoms with van der Waals surface area (Å²) in [4.78, 5) is 27.1. The van der Waals surface area contributed by atoms with Crippen LogP contribution in [0.1, 0.15) is 22.6 Å². The Hall–Kier alpha value is -3.98. The molecule has 0 aromatic heterocycles. The van der Waals surface area contributed by atoms with Crippen molar-refractivity contribution in [3.05, 3.63) is 99.4 Å². The van der Waals surface area contributed by atoms with Gasteiger partial charge in [-0.25, -0.2) is 4.39 Å². The van der Waals surface area contributed by atoms with Gasteiger partial charge in [-0.3, -0.25) is 19.8 Å². The fourth-order valence-electron chi connectivity index (χ4n) is 5.40. The lowest BCUT2D eigenvalue weighted by molar-refractivity contribution is -0.534. The van der Waals surface area contributed by atoms with Crippen LogP contribution in [0.3, 0.4) is 0 Å². The highest BCUT2D eigenvalue weighted by atomic mass is 19.1. The molecule has 1 amide bonds. The second kappa shape index (κ2) is 8.66. The number of nitrogens with one attached hydrogen (secondary N) is 1. The van der Waals surface area contributed by atoms with Gasteiger partial charge in [0.15, 0.2) is 17.0 Å². The van der Waals surface area contributed by atoms with E-state index < -0.39 is 23.4 Å². The Bertz CT molecular complexity index is 1320. The third-order valence-electron chi connectivity index (χ3n) is 6.94. The molecule has 2 aliphatic rings. The van der Waals surface area contributed by atoms with Gasteiger partial charge in [-0.1, -0.05) is 36.4 Å². The number of para-hydroxylation sites is 1. The number of nitrogens with zero attached hydrogens (tertiary/aromatic N) is 2. The van der Waals surface area contributed by atoms with E-state index in [1.807, 2.05) is 0 Å². The number of nitro groups is 1. The molecular weight excluding hydrogens is 453 g/mol. The van der Waals surface area contributed by atoms with Gasteiger partial charge >= 0.3 is 0 Å². The summed E-state index contributed by atoms with van der Waals surface area (Å²) in [5, 5.41) is 15.3. The molecule has 0 unspecified atom stereocenters. The number of rotatable bonds is 6. The highest BCUT2D eigenvalue weighted by Gasteiger charge is 2.68. The van der Waals surface area contributed by atoms with Gasteiger partial charge < -0.3 is 14.8 Å². The Morgan fingerprint density at radius 3 is 2.69 bits per heavy atom. The minimum absolute atomic E-state index is 0.136. The van der Waals surface area contributed by atoms with Crippen molar-refractivity contribution >= 4 is 11.6 Å². The van der Waals surface area contributed by atoms with Crippen LogP contribution >= 0.6 is 0 Å². The first kappa shape index (κ1) is 22.8. The number of likely N-dealkylation sites (N-methyl/N-ethyl adjacent to an activating group) is 1. The first-order valence-corrected chi connectivity index (χ1v) is 11.2. The SMILES string of the molecule is COc1cc([C@@H]2CN(C)[C@@]3(C(=O)Nc4ccccc43)[C@H]2[N+](=O)[O-])ccc1OCc1cccc(F)c1. The maximum absolute atomic E-state index is 13.5. The summed E-state index contributed by atoms with van der Waals surface area (Å²) in [6.45, 7) is 0.442. The van der Waals surface area contributed by atoms with E-state index in [0.717, 1.165) is 0 Å². The quantitative estimate of drug-likeness (QED) is 0.427. The molecule has 9 heteroatoms. The Morgan fingerprint density at radius 1 is 1.14 bits per heavy atom. The van der Waals surface area contributed by atoms with Crippen molar-refractivity contribution in [1.82, 2.24) is 4.90 Å². The molecule has 0 aliphatic carbocycles. The van der Waals surface area contributed by atoms with Gasteiger partial charge in [0.25, 0.3) is 11.9 Å². The minimum Gasteiger partial charge on any atom is -0.493 e. The number of anilines is 1. The molecule has 1 fully saturated rings. The van der Waals surface area contributed by atoms with Crippen molar-refractivity contribution < 1.29 is 23.6 Å². The second-order valence-corrected chi connectivity index (χ2v) is 8.81. The molecule has 1 saturated heterocycles. The predicted molar refractivity (Wildman–Crippen MR) is 127 cm³/mol. The number of hydrogen-bond acceptors (Lipinski definition) is 6. The molecule has 0 saturated carbocycles. The van der Waals surface area contributed by atoms with Gasteiger partial charge in [0.1, 0.15) is 12.4 Å². The molecule has 35 heavy (non-hydrogen) atoms. The van der Waals surface area contributed by atoms with Gasteiger partial charge in [-0.05, 0) is 48.5 Å². The summed E-state index contributed by atoms with van der Waals surface area (Å²) in [5.41, 5.74) is 1.12. The molecule has 0 bridgehead atoms. The van der Waals surface area contributed by atoms with Crippen molar-refractivity contribution in [1.29, 1.82) is 0 Å². The lowest BCUT2D eigenvalue weighted by Crippen LogP contribution is -2.54. The average Bonchev–Trinajstić information content (AvgIpc) is 3.32. The maximum Gasteiger partial charge on any atom is 0.256 e. The van der Waals surface area contributed by atoms with Gasteiger partial charge in [0.2, 0.25) is 0 Å². The summed E-state index contributed by atoms with van der Waals surface area (Å²) in [5.74, 6) is -0.481. The third kappa shape index (κ3) is 3.59. The largest absolute Gasteiger partial charge is 0.493 e. The summed E-state index contributed by atoms with van der Waals surface area (Å²) in [6.07, 6.45) is 0. The van der Waals surface area contributed by atoms with Crippen LogP contribution in [-0.2, 0) is 16.9 Å². The number of methoxy groups -OCH3 is 1. The summed E-state index contributed by atoms with van der Waals surface area (Å²) < 4.78 is 24.8. The maximum atomic E-state index is 13.5. The summed E-state index contributed by atoms with van der Waals surface area (Å²) >= 11 is 0. The molecule has 3 atom stereocenters. The number of likely N-dealkylation sites (tertiary alicyclic amines) is 1. The zero-order chi connectivity index (χ0) is 24.7. The topological polar surface area (TPSA) is 93.9 Å². The third-order valence-corrected chi connectivity index (χ3v) is 6.94. The highest BCUT2D eigenvalue weighted by Crippen LogP contribution is 2.52. The van der Waals surface area contributed by atoms with Gasteiger partial charge in [-0.2, -0.15) is 0 Å². The molecular formula is C26H24FN3O5. The van der Waals surface area contributed by atoms with Crippen molar-refractivity contribution in [2.45, 2.75) is 24.1 Å². The molecule has 3 aromatic rings. The van der Waals surface area contributed by atoms with E-state index in [0.29, 0.717) is 40.4 Å². The Morgan fingerprint density at radius 2 is 1.94 bits per heavy atom.